The van der Waals surface area contributed by atoms with E-state index < -0.39 is 32.9 Å². The Bertz CT molecular complexity index is 677. The van der Waals surface area contributed by atoms with Crippen molar-refractivity contribution in [1.82, 2.24) is 0 Å². The molecular formula is C7H9F3LiN5O4S2. The van der Waals surface area contributed by atoms with Crippen molar-refractivity contribution in [2.45, 2.75) is 20.9 Å². The van der Waals surface area contributed by atoms with Gasteiger partial charge in [0.15, 0.2) is 6.04 Å². The van der Waals surface area contributed by atoms with Crippen molar-refractivity contribution in [3.63, 3.8) is 0 Å². The summed E-state index contributed by atoms with van der Waals surface area (Å²) in [6, 6.07) is 0.593. The summed E-state index contributed by atoms with van der Waals surface area (Å²) in [6.07, 6.45) is -0.988. The van der Waals surface area contributed by atoms with E-state index in [1.54, 1.807) is 6.07 Å². The van der Waals surface area contributed by atoms with Gasteiger partial charge in [0.25, 0.3) is 5.84 Å². The van der Waals surface area contributed by atoms with Crippen LogP contribution in [0.15, 0.2) is 9.98 Å². The van der Waals surface area contributed by atoms with Crippen LogP contribution in [0.1, 0.15) is 14.9 Å². The predicted molar refractivity (Wildman–Crippen MR) is 68.9 cm³/mol. The van der Waals surface area contributed by atoms with E-state index in [1.807, 2.05) is 0 Å². The molecule has 0 aromatic rings. The predicted octanol–water partition coefficient (Wildman–Crippen LogP) is -1.40. The Labute approximate surface area is 138 Å². The standard InChI is InChI=1S/C5HFN4.2CH4.F2NO4S2.Li/c1-8-4-3(2-7)9-5(6)10-4;;;1-8(4,5)3-9(2,6)7;/h3H;2*1H4;;/q;;;-1;+1. The van der Waals surface area contributed by atoms with Gasteiger partial charge in [-0.1, -0.05) is 26.4 Å². The van der Waals surface area contributed by atoms with Gasteiger partial charge in [-0.3, -0.25) is 0 Å². The van der Waals surface area contributed by atoms with E-state index in [0.717, 1.165) is 4.13 Å². The summed E-state index contributed by atoms with van der Waals surface area (Å²) < 4.78 is 72.1. The van der Waals surface area contributed by atoms with E-state index in [0.29, 0.717) is 0 Å². The summed E-state index contributed by atoms with van der Waals surface area (Å²) >= 11 is 0. The van der Waals surface area contributed by atoms with Gasteiger partial charge in [0.1, 0.15) is 0 Å². The van der Waals surface area contributed by atoms with Crippen molar-refractivity contribution in [2.75, 3.05) is 0 Å². The smallest absolute Gasteiger partial charge is 0.379 e. The van der Waals surface area contributed by atoms with Crippen LogP contribution in [0.3, 0.4) is 0 Å². The van der Waals surface area contributed by atoms with Crippen LogP contribution in [0.4, 0.5) is 12.2 Å². The van der Waals surface area contributed by atoms with Gasteiger partial charge in [-0.2, -0.15) is 5.26 Å². The molecule has 0 saturated heterocycles. The Balaban J connectivity index is -0.000000130. The number of aliphatic imine (C=N–C) groups is 2. The first-order valence-corrected chi connectivity index (χ1v) is 6.39. The molecule has 0 N–H and O–H groups in total. The number of amidine groups is 2. The van der Waals surface area contributed by atoms with Crippen LogP contribution >= 0.6 is 0 Å². The van der Waals surface area contributed by atoms with Crippen LogP contribution in [0.25, 0.3) is 8.97 Å². The Morgan fingerprint density at radius 1 is 1.23 bits per heavy atom. The quantitative estimate of drug-likeness (QED) is 0.260. The fourth-order valence-corrected chi connectivity index (χ4v) is 1.48. The van der Waals surface area contributed by atoms with E-state index in [1.165, 1.54) is 0 Å². The second kappa shape index (κ2) is 11.2. The van der Waals surface area contributed by atoms with Gasteiger partial charge in [0.05, 0.1) is 6.07 Å². The molecule has 0 bridgehead atoms. The van der Waals surface area contributed by atoms with E-state index in [4.69, 9.17) is 11.8 Å². The molecule has 0 fully saturated rings. The van der Waals surface area contributed by atoms with Crippen molar-refractivity contribution in [3.8, 4) is 6.07 Å². The van der Waals surface area contributed by atoms with Crippen LogP contribution in [0.5, 0.6) is 0 Å². The summed E-state index contributed by atoms with van der Waals surface area (Å²) in [6.45, 7) is 6.43. The summed E-state index contributed by atoms with van der Waals surface area (Å²) in [4.78, 5) is 9.03. The molecule has 1 aliphatic rings. The first-order chi connectivity index (χ1) is 8.48. The minimum atomic E-state index is -5.62. The molecule has 0 aromatic carbocycles. The molecule has 0 spiro atoms. The van der Waals surface area contributed by atoms with Crippen LogP contribution < -0.4 is 18.9 Å². The van der Waals surface area contributed by atoms with Gasteiger partial charge in [0.2, 0.25) is 20.8 Å². The molecule has 0 saturated carbocycles. The maximum atomic E-state index is 12.1. The average molecular weight is 355 g/mol. The number of rotatable bonds is 2. The molecule has 1 rings (SSSR count). The van der Waals surface area contributed by atoms with Crippen LogP contribution in [0, 0.1) is 17.9 Å². The minimum Gasteiger partial charge on any atom is -0.379 e. The zero-order chi connectivity index (χ0) is 15.3. The van der Waals surface area contributed by atoms with Crippen molar-refractivity contribution >= 4 is 32.7 Å². The second-order valence-corrected chi connectivity index (χ2v) is 4.66. The summed E-state index contributed by atoms with van der Waals surface area (Å²) in [7, 11) is -11.2. The molecule has 0 aromatic heterocycles. The average Bonchev–Trinajstić information content (AvgIpc) is 2.54. The van der Waals surface area contributed by atoms with E-state index in [-0.39, 0.29) is 39.5 Å². The molecule has 22 heavy (non-hydrogen) atoms. The molecule has 0 radical (unpaired) electrons. The SMILES string of the molecule is C.C.O=S(=O)(F)[N-]S(=O)(=O)F.[C-]#[N+]C1=NC(F)=NC1C#N.[Li+]. The molecule has 1 unspecified atom stereocenters. The number of hydrogen-bond acceptors (Lipinski definition) is 7. The van der Waals surface area contributed by atoms with Gasteiger partial charge in [0, 0.05) is 0 Å². The monoisotopic (exact) mass is 355 g/mol. The molecule has 0 aliphatic carbocycles. The molecule has 9 nitrogen and oxygen atoms in total. The van der Waals surface area contributed by atoms with Crippen molar-refractivity contribution in [1.29, 1.82) is 5.26 Å². The summed E-state index contributed by atoms with van der Waals surface area (Å²) in [5.74, 6) is -0.194. The molecular weight excluding hydrogens is 346 g/mol. The Morgan fingerprint density at radius 3 is 1.82 bits per heavy atom. The Kier molecular flexibility index (Phi) is 14.6. The molecule has 0 amide bonds. The number of halogens is 3. The van der Waals surface area contributed by atoms with E-state index in [9.17, 15) is 29.0 Å². The molecule has 120 valence electrons. The topological polar surface area (TPSA) is 135 Å². The largest absolute Gasteiger partial charge is 1.00 e. The van der Waals surface area contributed by atoms with Crippen molar-refractivity contribution in [3.05, 3.63) is 15.5 Å². The third-order valence-electron chi connectivity index (χ3n) is 1.10. The van der Waals surface area contributed by atoms with Gasteiger partial charge < -0.3 is 8.97 Å². The maximum Gasteiger partial charge on any atom is 1.00 e. The molecule has 1 aliphatic heterocycles. The molecule has 1 atom stereocenters. The van der Waals surface area contributed by atoms with E-state index in [2.05, 4.69) is 14.8 Å². The van der Waals surface area contributed by atoms with E-state index >= 15 is 0 Å². The number of nitrogens with zero attached hydrogens (tertiary/aromatic N) is 5. The van der Waals surface area contributed by atoms with Crippen LogP contribution in [-0.2, 0) is 20.8 Å². The maximum absolute atomic E-state index is 12.1. The van der Waals surface area contributed by atoms with Crippen molar-refractivity contribution in [2.24, 2.45) is 9.98 Å². The second-order valence-electron chi connectivity index (χ2n) is 2.41. The zero-order valence-electron chi connectivity index (χ0n) is 9.40. The fourth-order valence-electron chi connectivity index (χ4n) is 0.628. The summed E-state index contributed by atoms with van der Waals surface area (Å²) in [5, 5.41) is 8.24. The van der Waals surface area contributed by atoms with Crippen molar-refractivity contribution < 1.29 is 47.9 Å². The first-order valence-electron chi connectivity index (χ1n) is 3.71. The third kappa shape index (κ3) is 13.5. The van der Waals surface area contributed by atoms with Crippen LogP contribution in [0.2, 0.25) is 0 Å². The van der Waals surface area contributed by atoms with Gasteiger partial charge in [-0.25, -0.2) is 21.8 Å². The first kappa shape index (κ1) is 28.7. The Morgan fingerprint density at radius 2 is 1.64 bits per heavy atom. The number of nitriles is 1. The Hall–Kier alpha value is -1.43. The zero-order valence-corrected chi connectivity index (χ0v) is 11.0. The van der Waals surface area contributed by atoms with Crippen LogP contribution in [-0.4, -0.2) is 34.8 Å². The minimum absolute atomic E-state index is 0. The molecule has 15 heteroatoms. The van der Waals surface area contributed by atoms with Gasteiger partial charge in [-0.05, 0) is 0 Å². The summed E-state index contributed by atoms with van der Waals surface area (Å²) in [5.41, 5.74) is 0. The molecule has 1 heterocycles. The van der Waals surface area contributed by atoms with Gasteiger partial charge in [-0.15, -0.1) is 12.2 Å². The number of hydrogen-bond donors (Lipinski definition) is 0. The normalized spacial score (nSPS) is 15.8. The van der Waals surface area contributed by atoms with Gasteiger partial charge >= 0.3 is 24.9 Å². The fraction of sp³-hybridized carbons (Fsp3) is 0.429. The third-order valence-corrected chi connectivity index (χ3v) is 2.53.